The van der Waals surface area contributed by atoms with Crippen molar-refractivity contribution in [2.45, 2.75) is 13.3 Å². The SMILES string of the molecule is CCNc1cc(C(=O)N2CCC(CO)C2)c(Cl)cn1. The zero-order chi connectivity index (χ0) is 13.8. The van der Waals surface area contributed by atoms with Gasteiger partial charge in [0.1, 0.15) is 5.82 Å². The number of amides is 1. The zero-order valence-electron chi connectivity index (χ0n) is 10.9. The molecule has 1 unspecified atom stereocenters. The van der Waals surface area contributed by atoms with Gasteiger partial charge in [0.2, 0.25) is 0 Å². The normalized spacial score (nSPS) is 18.7. The molecule has 0 aromatic carbocycles. The summed E-state index contributed by atoms with van der Waals surface area (Å²) < 4.78 is 0. The van der Waals surface area contributed by atoms with Gasteiger partial charge in [0.05, 0.1) is 10.6 Å². The Morgan fingerprint density at radius 2 is 2.47 bits per heavy atom. The molecule has 1 aliphatic rings. The van der Waals surface area contributed by atoms with Crippen LogP contribution in [0, 0.1) is 5.92 Å². The highest BCUT2D eigenvalue weighted by Gasteiger charge is 2.27. The third-order valence-corrected chi connectivity index (χ3v) is 3.58. The van der Waals surface area contributed by atoms with E-state index >= 15 is 0 Å². The van der Waals surface area contributed by atoms with Crippen LogP contribution in [0.4, 0.5) is 5.82 Å². The molecule has 1 aliphatic heterocycles. The summed E-state index contributed by atoms with van der Waals surface area (Å²) in [6.45, 7) is 4.07. The molecule has 0 aliphatic carbocycles. The topological polar surface area (TPSA) is 65.5 Å². The minimum Gasteiger partial charge on any atom is -0.396 e. The number of aliphatic hydroxyl groups is 1. The van der Waals surface area contributed by atoms with Crippen molar-refractivity contribution in [2.75, 3.05) is 31.6 Å². The number of halogens is 1. The van der Waals surface area contributed by atoms with E-state index in [9.17, 15) is 4.79 Å². The van der Waals surface area contributed by atoms with Gasteiger partial charge in [-0.2, -0.15) is 0 Å². The quantitative estimate of drug-likeness (QED) is 0.881. The van der Waals surface area contributed by atoms with Crippen molar-refractivity contribution in [1.29, 1.82) is 0 Å². The minimum absolute atomic E-state index is 0.0949. The van der Waals surface area contributed by atoms with Crippen molar-refractivity contribution >= 4 is 23.3 Å². The standard InChI is InChI=1S/C13H18ClN3O2/c1-2-15-12-5-10(11(14)6-16-12)13(19)17-4-3-9(7-17)8-18/h5-6,9,18H,2-4,7-8H2,1H3,(H,15,16). The molecule has 0 saturated carbocycles. The number of aliphatic hydroxyl groups excluding tert-OH is 1. The van der Waals surface area contributed by atoms with Crippen LogP contribution in [-0.2, 0) is 0 Å². The Labute approximate surface area is 117 Å². The van der Waals surface area contributed by atoms with Crippen molar-refractivity contribution in [3.63, 3.8) is 0 Å². The van der Waals surface area contributed by atoms with E-state index in [2.05, 4.69) is 10.3 Å². The number of likely N-dealkylation sites (tertiary alicyclic amines) is 1. The Morgan fingerprint density at radius 1 is 1.68 bits per heavy atom. The predicted molar refractivity (Wildman–Crippen MR) is 74.5 cm³/mol. The second-order valence-electron chi connectivity index (χ2n) is 4.67. The molecule has 1 aromatic heterocycles. The van der Waals surface area contributed by atoms with Crippen molar-refractivity contribution in [3.8, 4) is 0 Å². The lowest BCUT2D eigenvalue weighted by Crippen LogP contribution is -2.29. The van der Waals surface area contributed by atoms with Gasteiger partial charge < -0.3 is 15.3 Å². The van der Waals surface area contributed by atoms with E-state index in [-0.39, 0.29) is 18.4 Å². The van der Waals surface area contributed by atoms with Crippen molar-refractivity contribution in [3.05, 3.63) is 22.8 Å². The molecule has 2 heterocycles. The third-order valence-electron chi connectivity index (χ3n) is 3.27. The van der Waals surface area contributed by atoms with Crippen LogP contribution < -0.4 is 5.32 Å². The van der Waals surface area contributed by atoms with Crippen LogP contribution in [0.3, 0.4) is 0 Å². The summed E-state index contributed by atoms with van der Waals surface area (Å²) in [5.41, 5.74) is 0.464. The van der Waals surface area contributed by atoms with E-state index in [1.54, 1.807) is 11.0 Å². The summed E-state index contributed by atoms with van der Waals surface area (Å²) in [5, 5.41) is 12.5. The van der Waals surface area contributed by atoms with E-state index < -0.39 is 0 Å². The van der Waals surface area contributed by atoms with Gasteiger partial charge in [-0.3, -0.25) is 4.79 Å². The van der Waals surface area contributed by atoms with E-state index in [0.717, 1.165) is 13.0 Å². The van der Waals surface area contributed by atoms with Gasteiger partial charge in [-0.05, 0) is 19.4 Å². The number of hydrogen-bond donors (Lipinski definition) is 2. The number of aromatic nitrogens is 1. The molecule has 5 nitrogen and oxygen atoms in total. The summed E-state index contributed by atoms with van der Waals surface area (Å²) in [4.78, 5) is 18.2. The van der Waals surface area contributed by atoms with Crippen molar-refractivity contribution < 1.29 is 9.90 Å². The Bertz CT molecular complexity index is 467. The van der Waals surface area contributed by atoms with Crippen LogP contribution >= 0.6 is 11.6 Å². The summed E-state index contributed by atoms with van der Waals surface area (Å²) >= 11 is 6.05. The van der Waals surface area contributed by atoms with Gasteiger partial charge in [0.25, 0.3) is 5.91 Å². The largest absolute Gasteiger partial charge is 0.396 e. The summed E-state index contributed by atoms with van der Waals surface area (Å²) in [6.07, 6.45) is 2.33. The van der Waals surface area contributed by atoms with Crippen LogP contribution in [0.1, 0.15) is 23.7 Å². The molecule has 1 aromatic rings. The highest BCUT2D eigenvalue weighted by Crippen LogP contribution is 2.23. The van der Waals surface area contributed by atoms with Crippen molar-refractivity contribution in [2.24, 2.45) is 5.92 Å². The molecule has 0 spiro atoms. The van der Waals surface area contributed by atoms with E-state index in [1.165, 1.54) is 6.20 Å². The Balaban J connectivity index is 2.16. The molecular weight excluding hydrogens is 266 g/mol. The van der Waals surface area contributed by atoms with Gasteiger partial charge in [0.15, 0.2) is 0 Å². The summed E-state index contributed by atoms with van der Waals surface area (Å²) in [7, 11) is 0. The molecule has 2 N–H and O–H groups in total. The predicted octanol–water partition coefficient (Wildman–Crippen LogP) is 1.62. The molecule has 0 radical (unpaired) electrons. The molecule has 6 heteroatoms. The van der Waals surface area contributed by atoms with Gasteiger partial charge >= 0.3 is 0 Å². The molecule has 1 amide bonds. The Kier molecular flexibility index (Phi) is 4.61. The fourth-order valence-corrected chi connectivity index (χ4v) is 2.40. The Morgan fingerprint density at radius 3 is 3.11 bits per heavy atom. The number of carbonyl (C=O) groups excluding carboxylic acids is 1. The minimum atomic E-state index is -0.0949. The number of nitrogens with one attached hydrogen (secondary N) is 1. The van der Waals surface area contributed by atoms with Gasteiger partial charge in [-0.15, -0.1) is 0 Å². The maximum absolute atomic E-state index is 12.4. The third kappa shape index (κ3) is 3.16. The van der Waals surface area contributed by atoms with Gasteiger partial charge in [-0.25, -0.2) is 4.98 Å². The lowest BCUT2D eigenvalue weighted by Gasteiger charge is -2.17. The van der Waals surface area contributed by atoms with Crippen molar-refractivity contribution in [1.82, 2.24) is 9.88 Å². The second kappa shape index (κ2) is 6.21. The second-order valence-corrected chi connectivity index (χ2v) is 5.08. The average Bonchev–Trinajstić information content (AvgIpc) is 2.89. The maximum Gasteiger partial charge on any atom is 0.255 e. The first-order chi connectivity index (χ1) is 9.15. The van der Waals surface area contributed by atoms with Crippen LogP contribution in [-0.4, -0.2) is 47.1 Å². The summed E-state index contributed by atoms with van der Waals surface area (Å²) in [5.74, 6) is 0.730. The molecule has 1 saturated heterocycles. The average molecular weight is 284 g/mol. The first-order valence-electron chi connectivity index (χ1n) is 6.45. The lowest BCUT2D eigenvalue weighted by atomic mass is 10.1. The van der Waals surface area contributed by atoms with E-state index in [4.69, 9.17) is 16.7 Å². The summed E-state index contributed by atoms with van der Waals surface area (Å²) in [6, 6.07) is 1.68. The molecule has 104 valence electrons. The zero-order valence-corrected chi connectivity index (χ0v) is 11.7. The van der Waals surface area contributed by atoms with E-state index in [0.29, 0.717) is 29.5 Å². The van der Waals surface area contributed by atoms with E-state index in [1.807, 2.05) is 6.92 Å². The maximum atomic E-state index is 12.4. The molecular formula is C13H18ClN3O2. The Hall–Kier alpha value is -1.33. The van der Waals surface area contributed by atoms with Crippen LogP contribution in [0.25, 0.3) is 0 Å². The van der Waals surface area contributed by atoms with Crippen LogP contribution in [0.5, 0.6) is 0 Å². The van der Waals surface area contributed by atoms with Crippen LogP contribution in [0.2, 0.25) is 5.02 Å². The number of carbonyl (C=O) groups is 1. The number of nitrogens with zero attached hydrogens (tertiary/aromatic N) is 2. The highest BCUT2D eigenvalue weighted by atomic mass is 35.5. The first kappa shape index (κ1) is 14.1. The number of rotatable bonds is 4. The van der Waals surface area contributed by atoms with Crippen LogP contribution in [0.15, 0.2) is 12.3 Å². The number of pyridine rings is 1. The fraction of sp³-hybridized carbons (Fsp3) is 0.538. The fourth-order valence-electron chi connectivity index (χ4n) is 2.22. The lowest BCUT2D eigenvalue weighted by molar-refractivity contribution is 0.0782. The molecule has 1 fully saturated rings. The molecule has 0 bridgehead atoms. The number of hydrogen-bond acceptors (Lipinski definition) is 4. The number of anilines is 1. The smallest absolute Gasteiger partial charge is 0.255 e. The molecule has 19 heavy (non-hydrogen) atoms. The van der Waals surface area contributed by atoms with Gasteiger partial charge in [-0.1, -0.05) is 11.6 Å². The molecule has 2 rings (SSSR count). The highest BCUT2D eigenvalue weighted by molar-refractivity contribution is 6.33. The molecule has 1 atom stereocenters. The monoisotopic (exact) mass is 283 g/mol. The first-order valence-corrected chi connectivity index (χ1v) is 6.83. The van der Waals surface area contributed by atoms with Gasteiger partial charge in [0, 0.05) is 38.4 Å².